The maximum absolute atomic E-state index is 9.98. The van der Waals surface area contributed by atoms with Crippen molar-refractivity contribution in [2.45, 2.75) is 19.8 Å². The minimum absolute atomic E-state index is 0.000516. The van der Waals surface area contributed by atoms with E-state index in [0.29, 0.717) is 16.7 Å². The van der Waals surface area contributed by atoms with Crippen molar-refractivity contribution >= 4 is 5.57 Å². The van der Waals surface area contributed by atoms with Crippen molar-refractivity contribution in [1.29, 1.82) is 21.0 Å². The molecule has 0 radical (unpaired) electrons. The second-order valence-corrected chi connectivity index (χ2v) is 9.52. The molecule has 1 aliphatic rings. The Morgan fingerprint density at radius 1 is 0.579 bits per heavy atom. The van der Waals surface area contributed by atoms with Crippen molar-refractivity contribution in [1.82, 2.24) is 0 Å². The van der Waals surface area contributed by atoms with Gasteiger partial charge in [0.15, 0.2) is 0 Å². The van der Waals surface area contributed by atoms with Crippen molar-refractivity contribution in [3.8, 4) is 46.5 Å². The lowest BCUT2D eigenvalue weighted by Gasteiger charge is -2.32. The number of hydrogen-bond acceptors (Lipinski definition) is 4. The van der Waals surface area contributed by atoms with Gasteiger partial charge in [-0.1, -0.05) is 83.9 Å². The van der Waals surface area contributed by atoms with Gasteiger partial charge >= 0.3 is 0 Å². The summed E-state index contributed by atoms with van der Waals surface area (Å²) in [5.74, 6) is -1.48. The molecule has 0 saturated carbocycles. The number of rotatable bonds is 3. The molecule has 178 valence electrons. The summed E-state index contributed by atoms with van der Waals surface area (Å²) in [5.41, 5.74) is 9.66. The van der Waals surface area contributed by atoms with Gasteiger partial charge in [-0.2, -0.15) is 21.0 Å². The lowest BCUT2D eigenvalue weighted by Crippen LogP contribution is -2.20. The third-order valence-electron chi connectivity index (χ3n) is 7.17. The van der Waals surface area contributed by atoms with Crippen LogP contribution in [-0.4, -0.2) is 0 Å². The third-order valence-corrected chi connectivity index (χ3v) is 7.17. The highest BCUT2D eigenvalue weighted by molar-refractivity contribution is 5.94. The van der Waals surface area contributed by atoms with E-state index in [-0.39, 0.29) is 5.57 Å². The number of benzene rings is 4. The second kappa shape index (κ2) is 9.91. The quantitative estimate of drug-likeness (QED) is 0.279. The van der Waals surface area contributed by atoms with E-state index in [1.165, 1.54) is 0 Å². The Bertz CT molecular complexity index is 1730. The zero-order valence-electron chi connectivity index (χ0n) is 21.0. The van der Waals surface area contributed by atoms with Crippen molar-refractivity contribution in [2.24, 2.45) is 5.92 Å². The zero-order chi connectivity index (χ0) is 26.8. The van der Waals surface area contributed by atoms with E-state index in [0.717, 1.165) is 44.5 Å². The lowest BCUT2D eigenvalue weighted by molar-refractivity contribution is 0.700. The summed E-state index contributed by atoms with van der Waals surface area (Å²) >= 11 is 0. The van der Waals surface area contributed by atoms with E-state index in [1.807, 2.05) is 98.8 Å². The molecule has 0 aliphatic heterocycles. The van der Waals surface area contributed by atoms with Gasteiger partial charge in [-0.05, 0) is 70.5 Å². The second-order valence-electron chi connectivity index (χ2n) is 9.52. The van der Waals surface area contributed by atoms with Crippen LogP contribution in [0.25, 0.3) is 27.8 Å². The summed E-state index contributed by atoms with van der Waals surface area (Å²) in [6.45, 7) is 4.06. The standard InChI is InChI=1S/C34H22N4/c1-21-3-7-23(8-4-21)25-11-13-29-31(15-25)33(27(17-35)18-36)30-14-12-26(24-9-5-22(2)6-10-24)16-32(30)34(29)28(19-37)20-38/h3-16,27,33H,1-2H3. The maximum Gasteiger partial charge on any atom is 0.144 e. The average Bonchev–Trinajstić information content (AvgIpc) is 2.95. The van der Waals surface area contributed by atoms with Crippen molar-refractivity contribution in [2.75, 3.05) is 0 Å². The highest BCUT2D eigenvalue weighted by atomic mass is 14.4. The summed E-state index contributed by atoms with van der Waals surface area (Å²) in [7, 11) is 0. The monoisotopic (exact) mass is 486 g/mol. The first-order valence-corrected chi connectivity index (χ1v) is 12.3. The molecule has 1 aliphatic carbocycles. The minimum Gasteiger partial charge on any atom is -0.197 e. The molecule has 0 bridgehead atoms. The number of aryl methyl sites for hydroxylation is 2. The van der Waals surface area contributed by atoms with Gasteiger partial charge < -0.3 is 0 Å². The van der Waals surface area contributed by atoms with Gasteiger partial charge in [0.05, 0.1) is 12.1 Å². The van der Waals surface area contributed by atoms with Crippen molar-refractivity contribution in [3.63, 3.8) is 0 Å². The van der Waals surface area contributed by atoms with E-state index in [1.54, 1.807) is 0 Å². The molecule has 4 aromatic carbocycles. The summed E-state index contributed by atoms with van der Waals surface area (Å²) in [4.78, 5) is 0. The fourth-order valence-corrected chi connectivity index (χ4v) is 5.20. The molecule has 0 aromatic heterocycles. The van der Waals surface area contributed by atoms with Crippen LogP contribution in [0.4, 0.5) is 0 Å². The number of nitrogens with zero attached hydrogens (tertiary/aromatic N) is 4. The van der Waals surface area contributed by atoms with Crippen LogP contribution < -0.4 is 0 Å². The van der Waals surface area contributed by atoms with Crippen LogP contribution in [0, 0.1) is 65.1 Å². The largest absolute Gasteiger partial charge is 0.197 e. The van der Waals surface area contributed by atoms with Crippen LogP contribution in [-0.2, 0) is 0 Å². The van der Waals surface area contributed by atoms with Crippen LogP contribution in [0.3, 0.4) is 0 Å². The van der Waals surface area contributed by atoms with Crippen LogP contribution in [0.5, 0.6) is 0 Å². The van der Waals surface area contributed by atoms with E-state index < -0.39 is 11.8 Å². The fraction of sp³-hybridized carbons (Fsp3) is 0.118. The first kappa shape index (κ1) is 24.3. The van der Waals surface area contributed by atoms with Gasteiger partial charge in [-0.3, -0.25) is 0 Å². The Balaban J connectivity index is 1.81. The highest BCUT2D eigenvalue weighted by Gasteiger charge is 2.36. The molecular weight excluding hydrogens is 464 g/mol. The molecule has 0 heterocycles. The van der Waals surface area contributed by atoms with E-state index in [2.05, 4.69) is 24.3 Å². The fourth-order valence-electron chi connectivity index (χ4n) is 5.20. The topological polar surface area (TPSA) is 95.2 Å². The molecule has 0 N–H and O–H groups in total. The highest BCUT2D eigenvalue weighted by Crippen LogP contribution is 2.49. The summed E-state index contributed by atoms with van der Waals surface area (Å²) in [5, 5.41) is 39.8. The molecular formula is C34H22N4. The number of hydrogen-bond donors (Lipinski definition) is 0. The number of fused-ring (bicyclic) bond motifs is 2. The number of nitriles is 4. The third kappa shape index (κ3) is 4.12. The Morgan fingerprint density at radius 3 is 1.61 bits per heavy atom. The zero-order valence-corrected chi connectivity index (χ0v) is 21.0. The minimum atomic E-state index is -0.944. The molecule has 4 heteroatoms. The lowest BCUT2D eigenvalue weighted by atomic mass is 9.69. The predicted molar refractivity (Wildman–Crippen MR) is 147 cm³/mol. The van der Waals surface area contributed by atoms with Gasteiger partial charge in [-0.25, -0.2) is 0 Å². The Hall–Kier alpha value is -5.42. The van der Waals surface area contributed by atoms with Gasteiger partial charge in [0, 0.05) is 11.5 Å². The smallest absolute Gasteiger partial charge is 0.144 e. The predicted octanol–water partition coefficient (Wildman–Crippen LogP) is 7.60. The Labute approximate surface area is 222 Å². The summed E-state index contributed by atoms with van der Waals surface area (Å²) in [6.07, 6.45) is 0. The molecule has 1 unspecified atom stereocenters. The van der Waals surface area contributed by atoms with Gasteiger partial charge in [0.2, 0.25) is 0 Å². The van der Waals surface area contributed by atoms with Crippen LogP contribution in [0.15, 0.2) is 90.5 Å². The van der Waals surface area contributed by atoms with Gasteiger partial charge in [0.25, 0.3) is 0 Å². The SMILES string of the molecule is Cc1ccc(-c2ccc3c(c2)C(=C(C#N)C#N)c2ccc(-c4ccc(C)cc4)cc2C3C(C#N)C#N)cc1. The normalized spacial score (nSPS) is 13.3. The first-order chi connectivity index (χ1) is 18.5. The van der Waals surface area contributed by atoms with Crippen LogP contribution in [0.1, 0.15) is 39.3 Å². The molecule has 4 aromatic rings. The van der Waals surface area contributed by atoms with Crippen molar-refractivity contribution < 1.29 is 0 Å². The van der Waals surface area contributed by atoms with E-state index in [4.69, 9.17) is 0 Å². The summed E-state index contributed by atoms with van der Waals surface area (Å²) < 4.78 is 0. The molecule has 0 saturated heterocycles. The van der Waals surface area contributed by atoms with Gasteiger partial charge in [0.1, 0.15) is 23.6 Å². The Morgan fingerprint density at radius 2 is 1.08 bits per heavy atom. The molecule has 5 rings (SSSR count). The first-order valence-electron chi connectivity index (χ1n) is 12.3. The molecule has 0 amide bonds. The average molecular weight is 487 g/mol. The molecule has 1 atom stereocenters. The van der Waals surface area contributed by atoms with Gasteiger partial charge in [-0.15, -0.1) is 0 Å². The summed E-state index contributed by atoms with van der Waals surface area (Å²) in [6, 6.07) is 36.6. The number of allylic oxidation sites excluding steroid dienone is 1. The molecule has 0 spiro atoms. The van der Waals surface area contributed by atoms with Crippen LogP contribution in [0.2, 0.25) is 0 Å². The molecule has 0 fully saturated rings. The maximum atomic E-state index is 9.98. The molecule has 4 nitrogen and oxygen atoms in total. The van der Waals surface area contributed by atoms with E-state index in [9.17, 15) is 21.0 Å². The van der Waals surface area contributed by atoms with E-state index >= 15 is 0 Å². The van der Waals surface area contributed by atoms with Crippen molar-refractivity contribution in [3.05, 3.63) is 124 Å². The van der Waals surface area contributed by atoms with Crippen LogP contribution >= 0.6 is 0 Å². The molecule has 38 heavy (non-hydrogen) atoms. The Kier molecular flexibility index (Phi) is 6.33.